The Morgan fingerprint density at radius 2 is 2.10 bits per heavy atom. The first-order valence-corrected chi connectivity index (χ1v) is 7.17. The Balaban J connectivity index is 2.58. The second-order valence-corrected chi connectivity index (χ2v) is 4.33. The van der Waals surface area contributed by atoms with Crippen LogP contribution < -0.4 is 15.4 Å². The summed E-state index contributed by atoms with van der Waals surface area (Å²) >= 11 is 0. The fourth-order valence-electron chi connectivity index (χ4n) is 1.73. The van der Waals surface area contributed by atoms with Crippen LogP contribution in [0.4, 0.5) is 0 Å². The second-order valence-electron chi connectivity index (χ2n) is 4.33. The number of benzene rings is 1. The summed E-state index contributed by atoms with van der Waals surface area (Å²) in [6.45, 7) is 7.29. The molecule has 0 saturated heterocycles. The van der Waals surface area contributed by atoms with Crippen molar-refractivity contribution >= 4 is 5.96 Å². The maximum absolute atomic E-state index is 9.74. The van der Waals surface area contributed by atoms with E-state index in [-0.39, 0.29) is 5.75 Å². The van der Waals surface area contributed by atoms with Crippen LogP contribution in [0.25, 0.3) is 0 Å². The number of phenolic OH excluding ortho intramolecular Hbond substituents is 1. The standard InChI is InChI=1S/C15H25N3O3/c1-4-16-15(17-8-9-21-5-2)18-11-12-6-7-14(20-3)13(19)10-12/h6-7,10,19H,4-5,8-9,11H2,1-3H3,(H2,16,17,18). The molecule has 0 fully saturated rings. The van der Waals surface area contributed by atoms with E-state index in [1.165, 1.54) is 7.11 Å². The average Bonchev–Trinajstić information content (AvgIpc) is 2.49. The summed E-state index contributed by atoms with van der Waals surface area (Å²) in [6.07, 6.45) is 0. The minimum atomic E-state index is 0.125. The van der Waals surface area contributed by atoms with Gasteiger partial charge in [-0.15, -0.1) is 0 Å². The number of rotatable bonds is 8. The summed E-state index contributed by atoms with van der Waals surface area (Å²) < 4.78 is 10.3. The van der Waals surface area contributed by atoms with Crippen molar-refractivity contribution < 1.29 is 14.6 Å². The van der Waals surface area contributed by atoms with Gasteiger partial charge >= 0.3 is 0 Å². The van der Waals surface area contributed by atoms with Gasteiger partial charge in [-0.25, -0.2) is 4.99 Å². The summed E-state index contributed by atoms with van der Waals surface area (Å²) in [5, 5.41) is 16.1. The zero-order valence-corrected chi connectivity index (χ0v) is 13.0. The van der Waals surface area contributed by atoms with Gasteiger partial charge in [0.1, 0.15) is 0 Å². The van der Waals surface area contributed by atoms with E-state index in [1.807, 2.05) is 19.9 Å². The van der Waals surface area contributed by atoms with E-state index < -0.39 is 0 Å². The number of hydrogen-bond acceptors (Lipinski definition) is 4. The smallest absolute Gasteiger partial charge is 0.191 e. The first-order valence-electron chi connectivity index (χ1n) is 7.17. The number of hydrogen-bond donors (Lipinski definition) is 3. The van der Waals surface area contributed by atoms with Crippen LogP contribution in [0.15, 0.2) is 23.2 Å². The Kier molecular flexibility index (Phi) is 8.04. The molecule has 0 spiro atoms. The molecule has 1 aromatic rings. The first-order chi connectivity index (χ1) is 10.2. The lowest BCUT2D eigenvalue weighted by Gasteiger charge is -2.11. The zero-order chi connectivity index (χ0) is 15.5. The van der Waals surface area contributed by atoms with Gasteiger partial charge in [0, 0.05) is 19.7 Å². The van der Waals surface area contributed by atoms with Crippen molar-refractivity contribution in [3.63, 3.8) is 0 Å². The molecule has 0 aliphatic rings. The monoisotopic (exact) mass is 295 g/mol. The first kappa shape index (κ1) is 17.1. The highest BCUT2D eigenvalue weighted by molar-refractivity contribution is 5.79. The molecule has 118 valence electrons. The van der Waals surface area contributed by atoms with Gasteiger partial charge in [0.15, 0.2) is 17.5 Å². The SMILES string of the molecule is CCNC(=NCc1ccc(OC)c(O)c1)NCCOCC. The molecule has 0 amide bonds. The highest BCUT2D eigenvalue weighted by Gasteiger charge is 2.02. The van der Waals surface area contributed by atoms with Crippen molar-refractivity contribution in [3.8, 4) is 11.5 Å². The van der Waals surface area contributed by atoms with Crippen LogP contribution in [0.1, 0.15) is 19.4 Å². The van der Waals surface area contributed by atoms with Gasteiger partial charge in [0.25, 0.3) is 0 Å². The molecule has 6 heteroatoms. The lowest BCUT2D eigenvalue weighted by atomic mass is 10.2. The molecule has 21 heavy (non-hydrogen) atoms. The highest BCUT2D eigenvalue weighted by atomic mass is 16.5. The van der Waals surface area contributed by atoms with Gasteiger partial charge in [-0.1, -0.05) is 6.07 Å². The summed E-state index contributed by atoms with van der Waals surface area (Å²) in [7, 11) is 1.53. The van der Waals surface area contributed by atoms with Gasteiger partial charge in [0.2, 0.25) is 0 Å². The minimum absolute atomic E-state index is 0.125. The Labute approximate surface area is 126 Å². The molecule has 0 bridgehead atoms. The fraction of sp³-hybridized carbons (Fsp3) is 0.533. The average molecular weight is 295 g/mol. The topological polar surface area (TPSA) is 75.1 Å². The highest BCUT2D eigenvalue weighted by Crippen LogP contribution is 2.26. The van der Waals surface area contributed by atoms with Gasteiger partial charge in [-0.05, 0) is 31.5 Å². The van der Waals surface area contributed by atoms with Crippen molar-refractivity contribution in [2.24, 2.45) is 4.99 Å². The molecule has 0 aliphatic carbocycles. The van der Waals surface area contributed by atoms with E-state index in [2.05, 4.69) is 15.6 Å². The largest absolute Gasteiger partial charge is 0.504 e. The fourth-order valence-corrected chi connectivity index (χ4v) is 1.73. The maximum atomic E-state index is 9.74. The second kappa shape index (κ2) is 9.88. The Hall–Kier alpha value is -1.95. The molecule has 1 aromatic carbocycles. The number of methoxy groups -OCH3 is 1. The molecular formula is C15H25N3O3. The van der Waals surface area contributed by atoms with E-state index in [0.717, 1.165) is 18.1 Å². The van der Waals surface area contributed by atoms with Crippen LogP contribution in [0.5, 0.6) is 11.5 Å². The number of phenols is 1. The summed E-state index contributed by atoms with van der Waals surface area (Å²) in [5.41, 5.74) is 0.912. The molecule has 0 atom stereocenters. The lowest BCUT2D eigenvalue weighted by molar-refractivity contribution is 0.152. The van der Waals surface area contributed by atoms with Crippen molar-refractivity contribution in [3.05, 3.63) is 23.8 Å². The zero-order valence-electron chi connectivity index (χ0n) is 13.0. The van der Waals surface area contributed by atoms with E-state index in [0.29, 0.717) is 32.1 Å². The van der Waals surface area contributed by atoms with E-state index in [9.17, 15) is 5.11 Å². The number of nitrogens with one attached hydrogen (secondary N) is 2. The van der Waals surface area contributed by atoms with Crippen molar-refractivity contribution in [2.75, 3.05) is 33.4 Å². The molecule has 6 nitrogen and oxygen atoms in total. The summed E-state index contributed by atoms with van der Waals surface area (Å²) in [6, 6.07) is 5.27. The van der Waals surface area contributed by atoms with Crippen LogP contribution in [0, 0.1) is 0 Å². The van der Waals surface area contributed by atoms with Crippen LogP contribution in [-0.2, 0) is 11.3 Å². The predicted octanol–water partition coefficient (Wildman–Crippen LogP) is 1.49. The van der Waals surface area contributed by atoms with Gasteiger partial charge in [0.05, 0.1) is 20.3 Å². The summed E-state index contributed by atoms with van der Waals surface area (Å²) in [5.74, 6) is 1.32. The Bertz CT molecular complexity index is 450. The van der Waals surface area contributed by atoms with Crippen LogP contribution in [0.2, 0.25) is 0 Å². The minimum Gasteiger partial charge on any atom is -0.504 e. The van der Waals surface area contributed by atoms with Crippen LogP contribution >= 0.6 is 0 Å². The molecular weight excluding hydrogens is 270 g/mol. The maximum Gasteiger partial charge on any atom is 0.191 e. The summed E-state index contributed by atoms with van der Waals surface area (Å²) in [4.78, 5) is 4.46. The lowest BCUT2D eigenvalue weighted by Crippen LogP contribution is -2.39. The number of nitrogens with zero attached hydrogens (tertiary/aromatic N) is 1. The van der Waals surface area contributed by atoms with Crippen molar-refractivity contribution in [1.82, 2.24) is 10.6 Å². The van der Waals surface area contributed by atoms with Crippen LogP contribution in [0.3, 0.4) is 0 Å². The molecule has 1 rings (SSSR count). The number of aromatic hydroxyl groups is 1. The number of guanidine groups is 1. The third kappa shape index (κ3) is 6.35. The predicted molar refractivity (Wildman–Crippen MR) is 84.0 cm³/mol. The Morgan fingerprint density at radius 3 is 2.71 bits per heavy atom. The number of aliphatic imine (C=N–C) groups is 1. The van der Waals surface area contributed by atoms with E-state index in [4.69, 9.17) is 9.47 Å². The van der Waals surface area contributed by atoms with Crippen molar-refractivity contribution in [2.45, 2.75) is 20.4 Å². The van der Waals surface area contributed by atoms with Gasteiger partial charge < -0.3 is 25.2 Å². The Morgan fingerprint density at radius 1 is 1.29 bits per heavy atom. The van der Waals surface area contributed by atoms with Crippen LogP contribution in [-0.4, -0.2) is 44.5 Å². The molecule has 0 unspecified atom stereocenters. The van der Waals surface area contributed by atoms with E-state index >= 15 is 0 Å². The van der Waals surface area contributed by atoms with Gasteiger partial charge in [-0.3, -0.25) is 0 Å². The quantitative estimate of drug-likeness (QED) is 0.385. The molecule has 0 heterocycles. The molecule has 0 aromatic heterocycles. The number of ether oxygens (including phenoxy) is 2. The molecule has 0 radical (unpaired) electrons. The van der Waals surface area contributed by atoms with Crippen molar-refractivity contribution in [1.29, 1.82) is 0 Å². The third-order valence-corrected chi connectivity index (χ3v) is 2.75. The molecule has 3 N–H and O–H groups in total. The van der Waals surface area contributed by atoms with Gasteiger partial charge in [-0.2, -0.15) is 0 Å². The molecule has 0 aliphatic heterocycles. The third-order valence-electron chi connectivity index (χ3n) is 2.75. The van der Waals surface area contributed by atoms with E-state index in [1.54, 1.807) is 12.1 Å². The molecule has 0 saturated carbocycles. The normalized spacial score (nSPS) is 11.3.